The molecule has 0 aliphatic carbocycles. The fraction of sp³-hybridized carbons (Fsp3) is 0.163. The minimum Gasteiger partial charge on any atom is -0.392 e. The van der Waals surface area contributed by atoms with Crippen molar-refractivity contribution >= 4 is 45.1 Å². The highest BCUT2D eigenvalue weighted by Crippen LogP contribution is 2.47. The number of aliphatic hydroxyl groups excluding tert-OH is 1. The standard InChI is InChI=1S/C49H40N2O7/c1-51(27-42-38-16-7-5-12-33(38)24-34-13-6-8-17-39(34)42)28-43-44(31-10-3-2-4-11-31)45(32-20-18-30(29-52)19-21-32)57-49(56-43)36-14-9-15-37(25-36)50-46(53)35-22-23-40-41(26-35)48(55)58-47(40)54/h2-26,43-45,49,52H,27-29H2,1H3,(H,50,53)/t43-,44-,45+,49?/m1/s1. The Morgan fingerprint density at radius 2 is 1.34 bits per heavy atom. The van der Waals surface area contributed by atoms with Crippen molar-refractivity contribution in [2.75, 3.05) is 18.9 Å². The largest absolute Gasteiger partial charge is 0.392 e. The maximum Gasteiger partial charge on any atom is 0.346 e. The molecule has 9 nitrogen and oxygen atoms in total. The van der Waals surface area contributed by atoms with E-state index in [1.54, 1.807) is 6.07 Å². The fourth-order valence-corrected chi connectivity index (χ4v) is 8.28. The number of cyclic esters (lactones) is 2. The van der Waals surface area contributed by atoms with Gasteiger partial charge in [0.25, 0.3) is 5.91 Å². The topological polar surface area (TPSA) is 114 Å². The Kier molecular flexibility index (Phi) is 10.1. The van der Waals surface area contributed by atoms with E-state index in [4.69, 9.17) is 14.2 Å². The molecule has 0 spiro atoms. The molecule has 2 N–H and O–H groups in total. The van der Waals surface area contributed by atoms with Gasteiger partial charge in [0.1, 0.15) is 0 Å². The smallest absolute Gasteiger partial charge is 0.346 e. The molecule has 0 bridgehead atoms. The van der Waals surface area contributed by atoms with Gasteiger partial charge in [0.2, 0.25) is 0 Å². The van der Waals surface area contributed by atoms with E-state index in [0.29, 0.717) is 24.3 Å². The number of likely N-dealkylation sites (N-methyl/N-ethyl adjacent to an activating group) is 1. The molecule has 7 aromatic rings. The van der Waals surface area contributed by atoms with Crippen molar-refractivity contribution in [3.05, 3.63) is 196 Å². The summed E-state index contributed by atoms with van der Waals surface area (Å²) in [5.74, 6) is -2.16. The number of hydrogen-bond donors (Lipinski definition) is 2. The van der Waals surface area contributed by atoms with Gasteiger partial charge in [0.15, 0.2) is 6.29 Å². The summed E-state index contributed by atoms with van der Waals surface area (Å²) >= 11 is 0. The molecule has 4 atom stereocenters. The number of amides is 1. The Hall–Kier alpha value is -6.49. The number of benzene rings is 7. The van der Waals surface area contributed by atoms with Gasteiger partial charge in [-0.2, -0.15) is 0 Å². The van der Waals surface area contributed by atoms with Crippen LogP contribution in [0.2, 0.25) is 0 Å². The van der Waals surface area contributed by atoms with Gasteiger partial charge in [-0.25, -0.2) is 9.59 Å². The first-order valence-corrected chi connectivity index (χ1v) is 19.3. The van der Waals surface area contributed by atoms with Crippen LogP contribution in [0.25, 0.3) is 21.5 Å². The lowest BCUT2D eigenvalue weighted by atomic mass is 9.83. The Morgan fingerprint density at radius 3 is 2.07 bits per heavy atom. The van der Waals surface area contributed by atoms with E-state index >= 15 is 0 Å². The van der Waals surface area contributed by atoms with Gasteiger partial charge in [-0.15, -0.1) is 0 Å². The summed E-state index contributed by atoms with van der Waals surface area (Å²) < 4.78 is 18.7. The van der Waals surface area contributed by atoms with Crippen LogP contribution in [-0.2, 0) is 27.4 Å². The lowest BCUT2D eigenvalue weighted by Crippen LogP contribution is -2.43. The number of ether oxygens (including phenoxy) is 3. The zero-order valence-electron chi connectivity index (χ0n) is 31.7. The van der Waals surface area contributed by atoms with Crippen molar-refractivity contribution in [2.24, 2.45) is 0 Å². The van der Waals surface area contributed by atoms with Crippen LogP contribution in [0.1, 0.15) is 77.2 Å². The molecule has 1 unspecified atom stereocenters. The zero-order valence-corrected chi connectivity index (χ0v) is 31.7. The van der Waals surface area contributed by atoms with E-state index in [0.717, 1.165) is 16.7 Å². The van der Waals surface area contributed by atoms with Crippen molar-refractivity contribution < 1.29 is 33.7 Å². The number of carbonyl (C=O) groups is 3. The van der Waals surface area contributed by atoms with Crippen molar-refractivity contribution in [3.63, 3.8) is 0 Å². The number of carbonyl (C=O) groups excluding carboxylic acids is 3. The van der Waals surface area contributed by atoms with Crippen LogP contribution in [-0.4, -0.2) is 47.5 Å². The predicted molar refractivity (Wildman–Crippen MR) is 221 cm³/mol. The number of anilines is 1. The second-order valence-corrected chi connectivity index (χ2v) is 14.9. The monoisotopic (exact) mass is 768 g/mol. The van der Waals surface area contributed by atoms with E-state index in [1.807, 2.05) is 60.7 Å². The molecular weight excluding hydrogens is 729 g/mol. The Bertz CT molecular complexity index is 2630. The SMILES string of the molecule is CN(Cc1c2ccccc2cc2ccccc12)C[C@H]1OC(c2cccc(NC(=O)c3ccc4c(c3)C(=O)OC4=O)c2)O[C@@H](c2ccc(CO)cc2)[C@@H]1c1ccccc1. The third kappa shape index (κ3) is 7.28. The number of fused-ring (bicyclic) bond motifs is 3. The number of aliphatic hydroxyl groups is 1. The lowest BCUT2D eigenvalue weighted by Gasteiger charge is -2.44. The van der Waals surface area contributed by atoms with Gasteiger partial charge >= 0.3 is 11.9 Å². The summed E-state index contributed by atoms with van der Waals surface area (Å²) in [6.07, 6.45) is -1.59. The molecule has 0 aromatic heterocycles. The van der Waals surface area contributed by atoms with Crippen LogP contribution >= 0.6 is 0 Å². The minimum absolute atomic E-state index is 0.0612. The van der Waals surface area contributed by atoms with Crippen LogP contribution in [0.3, 0.4) is 0 Å². The van der Waals surface area contributed by atoms with Crippen molar-refractivity contribution in [3.8, 4) is 0 Å². The molecule has 58 heavy (non-hydrogen) atoms. The zero-order chi connectivity index (χ0) is 39.8. The van der Waals surface area contributed by atoms with Crippen LogP contribution in [0, 0.1) is 0 Å². The first-order valence-electron chi connectivity index (χ1n) is 19.3. The highest BCUT2D eigenvalue weighted by Gasteiger charge is 2.42. The van der Waals surface area contributed by atoms with Crippen molar-refractivity contribution in [1.82, 2.24) is 4.90 Å². The Labute approximate surface area is 335 Å². The maximum atomic E-state index is 13.4. The van der Waals surface area contributed by atoms with Crippen molar-refractivity contribution in [1.29, 1.82) is 0 Å². The summed E-state index contributed by atoms with van der Waals surface area (Å²) in [7, 11) is 2.13. The molecule has 2 aliphatic rings. The number of rotatable bonds is 10. The van der Waals surface area contributed by atoms with Crippen LogP contribution in [0.15, 0.2) is 152 Å². The quantitative estimate of drug-likeness (QED) is 0.0805. The lowest BCUT2D eigenvalue weighted by molar-refractivity contribution is -0.263. The van der Waals surface area contributed by atoms with Crippen molar-refractivity contribution in [2.45, 2.75) is 37.6 Å². The van der Waals surface area contributed by atoms with Gasteiger partial charge in [-0.3, -0.25) is 9.69 Å². The van der Waals surface area contributed by atoms with E-state index in [-0.39, 0.29) is 35.3 Å². The highest BCUT2D eigenvalue weighted by atomic mass is 16.7. The van der Waals surface area contributed by atoms with Gasteiger partial charge in [-0.05, 0) is 87.2 Å². The fourth-order valence-electron chi connectivity index (χ4n) is 8.28. The number of hydrogen-bond acceptors (Lipinski definition) is 8. The summed E-state index contributed by atoms with van der Waals surface area (Å²) in [4.78, 5) is 39.9. The molecule has 0 radical (unpaired) electrons. The highest BCUT2D eigenvalue weighted by molar-refractivity contribution is 6.16. The van der Waals surface area contributed by atoms with E-state index < -0.39 is 30.2 Å². The van der Waals surface area contributed by atoms with Gasteiger partial charge in [-0.1, -0.05) is 115 Å². The van der Waals surface area contributed by atoms with E-state index in [1.165, 1.54) is 45.3 Å². The predicted octanol–water partition coefficient (Wildman–Crippen LogP) is 9.12. The molecule has 1 saturated heterocycles. The summed E-state index contributed by atoms with van der Waals surface area (Å²) in [5.41, 5.74) is 5.69. The molecule has 1 amide bonds. The molecular formula is C49H40N2O7. The maximum absolute atomic E-state index is 13.4. The summed E-state index contributed by atoms with van der Waals surface area (Å²) in [6.45, 7) is 1.19. The molecule has 7 aromatic carbocycles. The first kappa shape index (κ1) is 37.1. The Morgan fingerprint density at radius 1 is 0.672 bits per heavy atom. The first-order chi connectivity index (χ1) is 28.3. The molecule has 1 fully saturated rings. The molecule has 2 heterocycles. The number of nitrogens with zero attached hydrogens (tertiary/aromatic N) is 1. The number of esters is 2. The normalized spacial score (nSPS) is 19.0. The average Bonchev–Trinajstić information content (AvgIpc) is 3.55. The van der Waals surface area contributed by atoms with Crippen LogP contribution < -0.4 is 5.32 Å². The molecule has 288 valence electrons. The van der Waals surface area contributed by atoms with Gasteiger partial charge in [0.05, 0.1) is 29.9 Å². The van der Waals surface area contributed by atoms with E-state index in [9.17, 15) is 19.5 Å². The molecule has 9 heteroatoms. The minimum atomic E-state index is -0.808. The van der Waals surface area contributed by atoms with Crippen LogP contribution in [0.5, 0.6) is 0 Å². The van der Waals surface area contributed by atoms with Gasteiger partial charge < -0.3 is 24.6 Å². The number of nitrogens with one attached hydrogen (secondary N) is 1. The molecule has 0 saturated carbocycles. The third-order valence-corrected chi connectivity index (χ3v) is 11.1. The summed E-state index contributed by atoms with van der Waals surface area (Å²) in [5, 5.41) is 17.6. The van der Waals surface area contributed by atoms with Crippen LogP contribution in [0.4, 0.5) is 5.69 Å². The van der Waals surface area contributed by atoms with Gasteiger partial charge in [0, 0.05) is 35.8 Å². The second-order valence-electron chi connectivity index (χ2n) is 14.9. The summed E-state index contributed by atoms with van der Waals surface area (Å²) in [6, 6.07) is 49.1. The Balaban J connectivity index is 1.06. The average molecular weight is 769 g/mol. The third-order valence-electron chi connectivity index (χ3n) is 11.1. The molecule has 2 aliphatic heterocycles. The second kappa shape index (κ2) is 15.8. The molecule has 9 rings (SSSR count). The van der Waals surface area contributed by atoms with E-state index in [2.05, 4.69) is 84.0 Å².